The number of hydrogen-bond acceptors (Lipinski definition) is 2. The number of nitrogens with one attached hydrogen (secondary N) is 1. The Morgan fingerprint density at radius 2 is 2.15 bits per heavy atom. The van der Waals surface area contributed by atoms with E-state index in [-0.39, 0.29) is 5.29 Å². The van der Waals surface area contributed by atoms with Gasteiger partial charge in [-0.05, 0) is 23.7 Å². The van der Waals surface area contributed by atoms with Crippen molar-refractivity contribution in [1.29, 1.82) is 5.41 Å². The third-order valence-electron chi connectivity index (χ3n) is 2.49. The highest BCUT2D eigenvalue weighted by molar-refractivity contribution is 6.66. The van der Waals surface area contributed by atoms with E-state index < -0.39 is 0 Å². The minimum atomic E-state index is -0.0222. The number of nitrogens with zero attached hydrogens (tertiary/aromatic N) is 2. The summed E-state index contributed by atoms with van der Waals surface area (Å²) in [4.78, 5) is 7.48. The summed E-state index contributed by atoms with van der Waals surface area (Å²) in [6, 6.07) is 9.63. The first-order chi connectivity index (χ1) is 9.74. The average Bonchev–Trinajstić information content (AvgIpc) is 2.87. The molecule has 0 bridgehead atoms. The minimum absolute atomic E-state index is 0.0222. The number of allylic oxidation sites excluding steroid dienone is 3. The SMILES string of the molecule is C=C/C=C(/C=N/C(Cl)=N\C=N)c1cc2ccccc2o1. The van der Waals surface area contributed by atoms with Gasteiger partial charge in [-0.3, -0.25) is 5.41 Å². The molecule has 5 heteroatoms. The standard InChI is InChI=1S/C15H12ClN3O/c1-2-5-12(9-18-15(16)19-10-17)14-8-11-6-3-4-7-13(11)20-14/h2-10,17H,1H2/b12-5-,17-10?,18-9+,19-15-. The minimum Gasteiger partial charge on any atom is -0.456 e. The fraction of sp³-hybridized carbons (Fsp3) is 0. The molecule has 1 aromatic heterocycles. The number of furan rings is 1. The zero-order chi connectivity index (χ0) is 14.4. The lowest BCUT2D eigenvalue weighted by Gasteiger charge is -1.95. The lowest BCUT2D eigenvalue weighted by atomic mass is 10.2. The maximum absolute atomic E-state index is 6.82. The first-order valence-corrected chi connectivity index (χ1v) is 6.20. The normalized spacial score (nSPS) is 13.1. The predicted molar refractivity (Wildman–Crippen MR) is 85.0 cm³/mol. The highest BCUT2D eigenvalue weighted by Crippen LogP contribution is 2.23. The second-order valence-corrected chi connectivity index (χ2v) is 4.13. The molecule has 0 radical (unpaired) electrons. The Morgan fingerprint density at radius 3 is 2.85 bits per heavy atom. The molecule has 1 heterocycles. The first-order valence-electron chi connectivity index (χ1n) is 5.82. The summed E-state index contributed by atoms with van der Waals surface area (Å²) in [5, 5.41) is 7.80. The van der Waals surface area contributed by atoms with E-state index in [1.807, 2.05) is 30.3 Å². The molecule has 2 aromatic rings. The van der Waals surface area contributed by atoms with E-state index in [4.69, 9.17) is 21.4 Å². The van der Waals surface area contributed by atoms with Crippen molar-refractivity contribution in [2.45, 2.75) is 0 Å². The number of benzene rings is 1. The van der Waals surface area contributed by atoms with Crippen LogP contribution in [0.15, 0.2) is 63.5 Å². The van der Waals surface area contributed by atoms with Crippen LogP contribution in [0.3, 0.4) is 0 Å². The molecule has 0 aliphatic rings. The van der Waals surface area contributed by atoms with Gasteiger partial charge in [-0.2, -0.15) is 0 Å². The van der Waals surface area contributed by atoms with Crippen LogP contribution in [-0.4, -0.2) is 17.8 Å². The monoisotopic (exact) mass is 285 g/mol. The number of rotatable bonds is 4. The van der Waals surface area contributed by atoms with Gasteiger partial charge in [-0.15, -0.1) is 0 Å². The molecule has 2 rings (SSSR count). The topological polar surface area (TPSA) is 61.7 Å². The lowest BCUT2D eigenvalue weighted by Crippen LogP contribution is -1.87. The summed E-state index contributed by atoms with van der Waals surface area (Å²) in [6.07, 6.45) is 5.75. The van der Waals surface area contributed by atoms with Crippen LogP contribution in [0.5, 0.6) is 0 Å². The zero-order valence-corrected chi connectivity index (χ0v) is 11.3. The maximum Gasteiger partial charge on any atom is 0.223 e. The van der Waals surface area contributed by atoms with E-state index in [1.165, 1.54) is 6.21 Å². The molecule has 0 atom stereocenters. The van der Waals surface area contributed by atoms with Crippen molar-refractivity contribution in [1.82, 2.24) is 0 Å². The molecule has 0 spiro atoms. The van der Waals surface area contributed by atoms with E-state index in [2.05, 4.69) is 16.6 Å². The van der Waals surface area contributed by atoms with Gasteiger partial charge in [0.25, 0.3) is 0 Å². The molecule has 0 saturated carbocycles. The van der Waals surface area contributed by atoms with Crippen molar-refractivity contribution < 1.29 is 4.42 Å². The third kappa shape index (κ3) is 3.30. The van der Waals surface area contributed by atoms with Gasteiger partial charge in [0.15, 0.2) is 0 Å². The number of halogens is 1. The molecule has 0 unspecified atom stereocenters. The number of amidine groups is 1. The molecule has 1 N–H and O–H groups in total. The second kappa shape index (κ2) is 6.63. The Balaban J connectivity index is 2.38. The van der Waals surface area contributed by atoms with Gasteiger partial charge in [-0.1, -0.05) is 36.9 Å². The van der Waals surface area contributed by atoms with Gasteiger partial charge in [0.2, 0.25) is 5.29 Å². The quantitative estimate of drug-likeness (QED) is 0.388. The fourth-order valence-corrected chi connectivity index (χ4v) is 1.75. The maximum atomic E-state index is 6.82. The first kappa shape index (κ1) is 14.0. The Morgan fingerprint density at radius 1 is 1.35 bits per heavy atom. The van der Waals surface area contributed by atoms with E-state index in [1.54, 1.807) is 12.2 Å². The molecular formula is C15H12ClN3O. The molecule has 20 heavy (non-hydrogen) atoms. The Labute approximate surface area is 121 Å². The van der Waals surface area contributed by atoms with Crippen molar-refractivity contribution in [3.8, 4) is 0 Å². The van der Waals surface area contributed by atoms with Crippen molar-refractivity contribution in [3.63, 3.8) is 0 Å². The zero-order valence-electron chi connectivity index (χ0n) is 10.6. The van der Waals surface area contributed by atoms with Crippen molar-refractivity contribution in [2.24, 2.45) is 9.98 Å². The molecule has 0 saturated heterocycles. The van der Waals surface area contributed by atoms with Gasteiger partial charge < -0.3 is 4.42 Å². The number of hydrogen-bond donors (Lipinski definition) is 1. The highest BCUT2D eigenvalue weighted by Gasteiger charge is 2.06. The van der Waals surface area contributed by atoms with Crippen LogP contribution >= 0.6 is 11.6 Å². The predicted octanol–water partition coefficient (Wildman–Crippen LogP) is 4.27. The van der Waals surface area contributed by atoms with Crippen molar-refractivity contribution >= 4 is 46.0 Å². The average molecular weight is 286 g/mol. The van der Waals surface area contributed by atoms with E-state index in [0.717, 1.165) is 22.9 Å². The summed E-state index contributed by atoms with van der Waals surface area (Å²) in [7, 11) is 0. The van der Waals surface area contributed by atoms with Crippen LogP contribution in [0, 0.1) is 5.41 Å². The smallest absolute Gasteiger partial charge is 0.223 e. The van der Waals surface area contributed by atoms with Gasteiger partial charge in [0.1, 0.15) is 17.7 Å². The van der Waals surface area contributed by atoms with Crippen LogP contribution in [-0.2, 0) is 0 Å². The summed E-state index contributed by atoms with van der Waals surface area (Å²) < 4.78 is 5.74. The van der Waals surface area contributed by atoms with E-state index in [9.17, 15) is 0 Å². The second-order valence-electron chi connectivity index (χ2n) is 3.79. The van der Waals surface area contributed by atoms with Crippen LogP contribution in [0.25, 0.3) is 16.5 Å². The van der Waals surface area contributed by atoms with Crippen LogP contribution in [0.2, 0.25) is 0 Å². The lowest BCUT2D eigenvalue weighted by molar-refractivity contribution is 0.602. The molecule has 0 aliphatic carbocycles. The summed E-state index contributed by atoms with van der Waals surface area (Å²) >= 11 is 5.71. The van der Waals surface area contributed by atoms with Gasteiger partial charge in [0.05, 0.1) is 0 Å². The summed E-state index contributed by atoms with van der Waals surface area (Å²) in [5.41, 5.74) is 1.51. The molecular weight excluding hydrogens is 274 g/mol. The molecule has 4 nitrogen and oxygen atoms in total. The van der Waals surface area contributed by atoms with Gasteiger partial charge >= 0.3 is 0 Å². The van der Waals surface area contributed by atoms with E-state index >= 15 is 0 Å². The van der Waals surface area contributed by atoms with Gasteiger partial charge in [0, 0.05) is 17.2 Å². The van der Waals surface area contributed by atoms with Crippen molar-refractivity contribution in [2.75, 3.05) is 0 Å². The van der Waals surface area contributed by atoms with E-state index in [0.29, 0.717) is 5.76 Å². The highest BCUT2D eigenvalue weighted by atomic mass is 35.5. The molecule has 0 amide bonds. The Bertz CT molecular complexity index is 693. The Hall–Kier alpha value is -2.46. The van der Waals surface area contributed by atoms with Crippen LogP contribution in [0.1, 0.15) is 5.76 Å². The van der Waals surface area contributed by atoms with Crippen LogP contribution in [0.4, 0.5) is 0 Å². The summed E-state index contributed by atoms with van der Waals surface area (Å²) in [6.45, 7) is 3.66. The van der Waals surface area contributed by atoms with Gasteiger partial charge in [-0.25, -0.2) is 9.98 Å². The molecule has 1 aromatic carbocycles. The molecule has 100 valence electrons. The van der Waals surface area contributed by atoms with Crippen molar-refractivity contribution in [3.05, 3.63) is 54.8 Å². The number of fused-ring (bicyclic) bond motifs is 1. The Kier molecular flexibility index (Phi) is 4.63. The fourth-order valence-electron chi connectivity index (χ4n) is 1.65. The molecule has 0 aliphatic heterocycles. The number of aliphatic imine (C=N–C) groups is 2. The number of para-hydroxylation sites is 1. The summed E-state index contributed by atoms with van der Waals surface area (Å²) in [5.74, 6) is 0.661. The molecule has 0 fully saturated rings. The van der Waals surface area contributed by atoms with Crippen LogP contribution < -0.4 is 0 Å². The third-order valence-corrected chi connectivity index (χ3v) is 2.68. The largest absolute Gasteiger partial charge is 0.456 e.